The maximum Gasteiger partial charge on any atom is 0.410 e. The van der Waals surface area contributed by atoms with Crippen molar-refractivity contribution in [2.24, 2.45) is 0 Å². The molecule has 1 atom stereocenters. The maximum absolute atomic E-state index is 12.9. The Morgan fingerprint density at radius 1 is 1.04 bits per heavy atom. The van der Waals surface area contributed by atoms with Crippen molar-refractivity contribution >= 4 is 34.0 Å². The lowest BCUT2D eigenvalue weighted by Gasteiger charge is -2.26. The van der Waals surface area contributed by atoms with E-state index in [2.05, 4.69) is 59.7 Å². The van der Waals surface area contributed by atoms with Crippen molar-refractivity contribution in [3.63, 3.8) is 0 Å². The summed E-state index contributed by atoms with van der Waals surface area (Å²) >= 11 is 0. The Bertz CT molecular complexity index is 1770. The van der Waals surface area contributed by atoms with Crippen molar-refractivity contribution in [3.05, 3.63) is 102 Å². The third-order valence-electron chi connectivity index (χ3n) is 8.22. The molecule has 2 aromatic heterocycles. The fourth-order valence-electron chi connectivity index (χ4n) is 5.86. The highest BCUT2D eigenvalue weighted by Crippen LogP contribution is 2.36. The molecular formula is C39H47N5O5. The van der Waals surface area contributed by atoms with Crippen molar-refractivity contribution in [2.75, 3.05) is 33.4 Å². The molecule has 1 saturated heterocycles. The minimum absolute atomic E-state index is 0.0328. The Morgan fingerprint density at radius 2 is 1.84 bits per heavy atom. The molecule has 3 heterocycles. The molecule has 0 aliphatic carbocycles. The molecular weight excluding hydrogens is 618 g/mol. The number of fused-ring (bicyclic) bond motifs is 1. The number of ether oxygens (including phenoxy) is 3. The lowest BCUT2D eigenvalue weighted by molar-refractivity contribution is -0.116. The highest BCUT2D eigenvalue weighted by atomic mass is 16.6. The molecule has 1 fully saturated rings. The van der Waals surface area contributed by atoms with Gasteiger partial charge in [-0.05, 0) is 86.9 Å². The van der Waals surface area contributed by atoms with Crippen LogP contribution in [-0.2, 0) is 14.3 Å². The molecule has 10 nitrogen and oxygen atoms in total. The van der Waals surface area contributed by atoms with Crippen molar-refractivity contribution in [3.8, 4) is 5.88 Å². The maximum atomic E-state index is 12.9. The number of nitrogens with one attached hydrogen (secondary N) is 1. The highest BCUT2D eigenvalue weighted by molar-refractivity contribution is 6.00. The predicted molar refractivity (Wildman–Crippen MR) is 192 cm³/mol. The van der Waals surface area contributed by atoms with Gasteiger partial charge in [-0.2, -0.15) is 5.10 Å². The molecule has 0 saturated carbocycles. The van der Waals surface area contributed by atoms with Gasteiger partial charge in [-0.1, -0.05) is 49.4 Å². The zero-order valence-corrected chi connectivity index (χ0v) is 29.1. The summed E-state index contributed by atoms with van der Waals surface area (Å²) < 4.78 is 19.6. The second-order valence-electron chi connectivity index (χ2n) is 12.9. The van der Waals surface area contributed by atoms with Crippen molar-refractivity contribution < 1.29 is 23.8 Å². The smallest absolute Gasteiger partial charge is 0.410 e. The first-order valence-corrected chi connectivity index (χ1v) is 17.0. The second kappa shape index (κ2) is 16.4. The summed E-state index contributed by atoms with van der Waals surface area (Å²) in [4.78, 5) is 30.7. The van der Waals surface area contributed by atoms with Gasteiger partial charge in [0, 0.05) is 49.5 Å². The lowest BCUT2D eigenvalue weighted by atomic mass is 9.88. The summed E-state index contributed by atoms with van der Waals surface area (Å²) in [5, 5.41) is 8.30. The molecule has 0 radical (unpaired) electrons. The Labute approximate surface area is 288 Å². The van der Waals surface area contributed by atoms with Crippen LogP contribution in [0.25, 0.3) is 22.0 Å². The molecule has 0 bridgehead atoms. The molecule has 258 valence electrons. The van der Waals surface area contributed by atoms with Crippen LogP contribution in [0, 0.1) is 0 Å². The number of carbonyl (C=O) groups is 2. The van der Waals surface area contributed by atoms with E-state index in [0.717, 1.165) is 65.5 Å². The molecule has 4 aromatic rings. The summed E-state index contributed by atoms with van der Waals surface area (Å²) in [6, 6.07) is 20.8. The Balaban J connectivity index is 1.38. The van der Waals surface area contributed by atoms with Gasteiger partial charge >= 0.3 is 6.09 Å². The summed E-state index contributed by atoms with van der Waals surface area (Å²) in [5.74, 6) is 0.191. The van der Waals surface area contributed by atoms with Crippen molar-refractivity contribution in [2.45, 2.75) is 65.2 Å². The van der Waals surface area contributed by atoms with E-state index < -0.39 is 11.7 Å². The van der Waals surface area contributed by atoms with Gasteiger partial charge in [0.1, 0.15) is 12.2 Å². The third kappa shape index (κ3) is 9.35. The van der Waals surface area contributed by atoms with Crippen LogP contribution < -0.4 is 10.1 Å². The van der Waals surface area contributed by atoms with Crippen LogP contribution in [0.4, 0.5) is 4.79 Å². The molecule has 2 aromatic carbocycles. The van der Waals surface area contributed by atoms with Crippen LogP contribution in [0.2, 0.25) is 0 Å². The normalized spacial score (nSPS) is 15.6. The standard InChI is InChI=1S/C39H47N5O5/c1-6-32(28-13-8-7-9-14-28)37(29-17-19-33-31(25-29)27-42-44(33)36-16-10-11-23-48-36)30-18-20-35(41-26-30)47-24-22-43(21-12-15-34(45)40-5)38(46)49-39(2,3)4/h7-9,12-15,17-20,25-27,36H,6,10-11,16,21-24H2,1-5H3,(H,40,45)/b15-12+,37-32-. The summed E-state index contributed by atoms with van der Waals surface area (Å²) in [6.07, 6.45) is 10.3. The molecule has 10 heteroatoms. The van der Waals surface area contributed by atoms with Crippen LogP contribution >= 0.6 is 0 Å². The van der Waals surface area contributed by atoms with E-state index in [1.807, 2.05) is 56.0 Å². The van der Waals surface area contributed by atoms with Gasteiger partial charge in [0.25, 0.3) is 0 Å². The number of benzene rings is 2. The van der Waals surface area contributed by atoms with Crippen LogP contribution in [0.3, 0.4) is 0 Å². The number of hydrogen-bond acceptors (Lipinski definition) is 7. The fraction of sp³-hybridized carbons (Fsp3) is 0.385. The van der Waals surface area contributed by atoms with Gasteiger partial charge in [-0.3, -0.25) is 4.79 Å². The van der Waals surface area contributed by atoms with E-state index in [1.54, 1.807) is 13.1 Å². The molecule has 0 spiro atoms. The van der Waals surface area contributed by atoms with Crippen LogP contribution in [0.1, 0.15) is 76.3 Å². The monoisotopic (exact) mass is 665 g/mol. The zero-order chi connectivity index (χ0) is 34.8. The molecule has 49 heavy (non-hydrogen) atoms. The Kier molecular flexibility index (Phi) is 11.9. The van der Waals surface area contributed by atoms with E-state index in [1.165, 1.54) is 16.5 Å². The topological polar surface area (TPSA) is 108 Å². The second-order valence-corrected chi connectivity index (χ2v) is 12.9. The molecule has 1 N–H and O–H groups in total. The lowest BCUT2D eigenvalue weighted by Crippen LogP contribution is -2.39. The summed E-state index contributed by atoms with van der Waals surface area (Å²) in [5.41, 5.74) is 5.88. The fourth-order valence-corrected chi connectivity index (χ4v) is 5.86. The Hall–Kier alpha value is -4.96. The SMILES string of the molecule is CC/C(=C(/c1ccc(OCCN(C/C=C/C(=O)NC)C(=O)OC(C)(C)C)nc1)c1ccc2c(cnn2C2CCCCO2)c1)c1ccccc1. The average Bonchev–Trinajstić information content (AvgIpc) is 3.53. The molecule has 2 amide bonds. The van der Waals surface area contributed by atoms with Crippen LogP contribution in [0.5, 0.6) is 5.88 Å². The van der Waals surface area contributed by atoms with Gasteiger partial charge in [-0.15, -0.1) is 0 Å². The minimum atomic E-state index is -0.658. The first kappa shape index (κ1) is 35.3. The minimum Gasteiger partial charge on any atom is -0.476 e. The number of rotatable bonds is 12. The number of aromatic nitrogens is 3. The van der Waals surface area contributed by atoms with Crippen LogP contribution in [-0.4, -0.2) is 70.6 Å². The first-order valence-electron chi connectivity index (χ1n) is 17.0. The zero-order valence-electron chi connectivity index (χ0n) is 29.1. The number of nitrogens with zero attached hydrogens (tertiary/aromatic N) is 4. The number of allylic oxidation sites excluding steroid dienone is 1. The highest BCUT2D eigenvalue weighted by Gasteiger charge is 2.22. The first-order chi connectivity index (χ1) is 23.7. The number of amides is 2. The molecule has 1 aliphatic heterocycles. The van der Waals surface area contributed by atoms with Gasteiger partial charge in [0.2, 0.25) is 11.8 Å². The Morgan fingerprint density at radius 3 is 2.51 bits per heavy atom. The van der Waals surface area contributed by atoms with Gasteiger partial charge in [-0.25, -0.2) is 14.5 Å². The number of hydrogen-bond donors (Lipinski definition) is 1. The molecule has 1 unspecified atom stereocenters. The van der Waals surface area contributed by atoms with Gasteiger partial charge < -0.3 is 24.4 Å². The van der Waals surface area contributed by atoms with E-state index in [9.17, 15) is 9.59 Å². The summed E-state index contributed by atoms with van der Waals surface area (Å²) in [6.45, 7) is 9.01. The van der Waals surface area contributed by atoms with E-state index in [-0.39, 0.29) is 31.8 Å². The van der Waals surface area contributed by atoms with Crippen molar-refractivity contribution in [1.82, 2.24) is 25.0 Å². The van der Waals surface area contributed by atoms with Crippen LogP contribution in [0.15, 0.2) is 85.2 Å². The molecule has 1 aliphatic rings. The molecule has 5 rings (SSSR count). The third-order valence-corrected chi connectivity index (χ3v) is 8.22. The number of carbonyl (C=O) groups excluding carboxylic acids is 2. The number of pyridine rings is 1. The predicted octanol–water partition coefficient (Wildman–Crippen LogP) is 7.42. The summed E-state index contributed by atoms with van der Waals surface area (Å²) in [7, 11) is 1.55. The van der Waals surface area contributed by atoms with E-state index in [4.69, 9.17) is 19.3 Å². The van der Waals surface area contributed by atoms with Gasteiger partial charge in [0.15, 0.2) is 6.23 Å². The van der Waals surface area contributed by atoms with Gasteiger partial charge in [0.05, 0.1) is 18.3 Å². The largest absolute Gasteiger partial charge is 0.476 e. The van der Waals surface area contributed by atoms with E-state index in [0.29, 0.717) is 5.88 Å². The number of likely N-dealkylation sites (N-methyl/N-ethyl adjacent to an activating group) is 1. The van der Waals surface area contributed by atoms with Crippen molar-refractivity contribution in [1.29, 1.82) is 0 Å². The van der Waals surface area contributed by atoms with E-state index >= 15 is 0 Å². The quantitative estimate of drug-likeness (QED) is 0.124. The average molecular weight is 666 g/mol.